The molecule has 0 atom stereocenters. The number of nitrogens with one attached hydrogen (secondary N) is 1. The molecule has 1 saturated heterocycles. The average Bonchev–Trinajstić information content (AvgIpc) is 2.19. The van der Waals surface area contributed by atoms with Crippen LogP contribution in [0.3, 0.4) is 0 Å². The van der Waals surface area contributed by atoms with Gasteiger partial charge in [0.25, 0.3) is 0 Å². The van der Waals surface area contributed by atoms with E-state index in [-0.39, 0.29) is 12.4 Å². The van der Waals surface area contributed by atoms with Gasteiger partial charge < -0.3 is 5.32 Å². The second-order valence-corrected chi connectivity index (χ2v) is 4.04. The van der Waals surface area contributed by atoms with Gasteiger partial charge in [-0.25, -0.2) is 4.39 Å². The van der Waals surface area contributed by atoms with Crippen molar-refractivity contribution in [2.75, 3.05) is 13.1 Å². The zero-order valence-electron chi connectivity index (χ0n) is 8.17. The molecular weight excluding hydrogens is 238 g/mol. The van der Waals surface area contributed by atoms with Crippen LogP contribution in [0.2, 0.25) is 5.02 Å². The van der Waals surface area contributed by atoms with E-state index in [0.717, 1.165) is 0 Å². The Hall–Kier alpha value is -0.380. The van der Waals surface area contributed by atoms with Gasteiger partial charge in [-0.05, 0) is 32.0 Å². The normalized spacial score (nSPS) is 19.3. The highest BCUT2D eigenvalue weighted by molar-refractivity contribution is 6.30. The summed E-state index contributed by atoms with van der Waals surface area (Å²) in [6.45, 7) is 1.42. The summed E-state index contributed by atoms with van der Waals surface area (Å²) in [4.78, 5) is 3.91. The van der Waals surface area contributed by atoms with Gasteiger partial charge in [-0.3, -0.25) is 4.98 Å². The molecule has 0 amide bonds. The van der Waals surface area contributed by atoms with Crippen molar-refractivity contribution in [3.8, 4) is 0 Å². The number of aromatic nitrogens is 1. The maximum absolute atomic E-state index is 14.3. The number of rotatable bonds is 1. The molecule has 1 aliphatic heterocycles. The van der Waals surface area contributed by atoms with E-state index in [4.69, 9.17) is 11.6 Å². The Bertz CT molecular complexity index is 327. The third kappa shape index (κ3) is 2.80. The molecule has 2 nitrogen and oxygen atoms in total. The second kappa shape index (κ2) is 5.10. The Balaban J connectivity index is 0.00000112. The number of hydrogen-bond acceptors (Lipinski definition) is 2. The lowest BCUT2D eigenvalue weighted by molar-refractivity contribution is 0.115. The van der Waals surface area contributed by atoms with E-state index in [1.807, 2.05) is 0 Å². The predicted molar refractivity (Wildman–Crippen MR) is 61.4 cm³/mol. The molecule has 84 valence electrons. The first-order valence-electron chi connectivity index (χ1n) is 4.71. The van der Waals surface area contributed by atoms with Gasteiger partial charge in [-0.2, -0.15) is 0 Å². The highest BCUT2D eigenvalue weighted by atomic mass is 35.5. The van der Waals surface area contributed by atoms with Crippen LogP contribution in [0.15, 0.2) is 18.5 Å². The summed E-state index contributed by atoms with van der Waals surface area (Å²) >= 11 is 5.78. The lowest BCUT2D eigenvalue weighted by Crippen LogP contribution is -2.36. The van der Waals surface area contributed by atoms with E-state index in [2.05, 4.69) is 10.3 Å². The molecule has 1 aromatic heterocycles. The number of pyridine rings is 1. The van der Waals surface area contributed by atoms with Crippen molar-refractivity contribution >= 4 is 24.0 Å². The Labute approximate surface area is 99.6 Å². The average molecular weight is 251 g/mol. The zero-order chi connectivity index (χ0) is 10.0. The monoisotopic (exact) mass is 250 g/mol. The summed E-state index contributed by atoms with van der Waals surface area (Å²) in [6, 6.07) is 1.67. The van der Waals surface area contributed by atoms with Crippen LogP contribution in [0.4, 0.5) is 4.39 Å². The lowest BCUT2D eigenvalue weighted by atomic mass is 9.88. The highest BCUT2D eigenvalue weighted by Gasteiger charge is 2.33. The van der Waals surface area contributed by atoms with Gasteiger partial charge in [0, 0.05) is 18.0 Å². The fraction of sp³-hybridized carbons (Fsp3) is 0.500. The molecule has 2 rings (SSSR count). The summed E-state index contributed by atoms with van der Waals surface area (Å²) in [6.07, 6.45) is 4.08. The minimum Gasteiger partial charge on any atom is -0.316 e. The molecule has 1 N–H and O–H groups in total. The van der Waals surface area contributed by atoms with Crippen LogP contribution in [-0.4, -0.2) is 18.1 Å². The minimum atomic E-state index is -1.25. The van der Waals surface area contributed by atoms with Crippen LogP contribution < -0.4 is 5.32 Å². The number of hydrogen-bond donors (Lipinski definition) is 1. The van der Waals surface area contributed by atoms with Crippen LogP contribution in [0.5, 0.6) is 0 Å². The Morgan fingerprint density at radius 1 is 1.33 bits per heavy atom. The van der Waals surface area contributed by atoms with Gasteiger partial charge in [0.1, 0.15) is 5.67 Å². The Morgan fingerprint density at radius 3 is 2.60 bits per heavy atom. The summed E-state index contributed by atoms with van der Waals surface area (Å²) < 4.78 is 14.3. The minimum absolute atomic E-state index is 0. The van der Waals surface area contributed by atoms with Crippen LogP contribution in [0.1, 0.15) is 18.4 Å². The van der Waals surface area contributed by atoms with Crippen molar-refractivity contribution in [1.82, 2.24) is 10.3 Å². The van der Waals surface area contributed by atoms with Crippen molar-refractivity contribution < 1.29 is 4.39 Å². The molecule has 0 saturated carbocycles. The van der Waals surface area contributed by atoms with Crippen molar-refractivity contribution in [2.24, 2.45) is 0 Å². The van der Waals surface area contributed by atoms with Crippen LogP contribution >= 0.6 is 24.0 Å². The predicted octanol–water partition coefficient (Wildman–Crippen LogP) is 2.71. The first kappa shape index (κ1) is 12.7. The lowest BCUT2D eigenvalue weighted by Gasteiger charge is -2.30. The van der Waals surface area contributed by atoms with Crippen molar-refractivity contribution in [3.05, 3.63) is 29.0 Å². The molecule has 15 heavy (non-hydrogen) atoms. The molecule has 0 radical (unpaired) electrons. The molecule has 5 heteroatoms. The topological polar surface area (TPSA) is 24.9 Å². The largest absolute Gasteiger partial charge is 0.316 e. The molecule has 0 spiro atoms. The molecule has 1 aliphatic rings. The van der Waals surface area contributed by atoms with Gasteiger partial charge in [-0.1, -0.05) is 11.6 Å². The van der Waals surface area contributed by atoms with Crippen LogP contribution in [0.25, 0.3) is 0 Å². The van der Waals surface area contributed by atoms with Gasteiger partial charge >= 0.3 is 0 Å². The molecule has 1 fully saturated rings. The van der Waals surface area contributed by atoms with Crippen molar-refractivity contribution in [2.45, 2.75) is 18.5 Å². The summed E-state index contributed by atoms with van der Waals surface area (Å²) in [5.74, 6) is 0. The van der Waals surface area contributed by atoms with E-state index in [1.54, 1.807) is 12.3 Å². The summed E-state index contributed by atoms with van der Waals surface area (Å²) in [7, 11) is 0. The highest BCUT2D eigenvalue weighted by Crippen LogP contribution is 2.35. The summed E-state index contributed by atoms with van der Waals surface area (Å²) in [5.41, 5.74) is -0.644. The van der Waals surface area contributed by atoms with Crippen LogP contribution in [0, 0.1) is 0 Å². The molecule has 0 bridgehead atoms. The van der Waals surface area contributed by atoms with E-state index < -0.39 is 5.67 Å². The van der Waals surface area contributed by atoms with Crippen molar-refractivity contribution in [3.63, 3.8) is 0 Å². The Morgan fingerprint density at radius 2 is 2.00 bits per heavy atom. The first-order valence-corrected chi connectivity index (χ1v) is 5.09. The molecule has 0 unspecified atom stereocenters. The zero-order valence-corrected chi connectivity index (χ0v) is 9.74. The van der Waals surface area contributed by atoms with E-state index in [0.29, 0.717) is 36.5 Å². The fourth-order valence-corrected chi connectivity index (χ4v) is 1.94. The molecular formula is C10H13Cl2FN2. The molecule has 0 aliphatic carbocycles. The van der Waals surface area contributed by atoms with Gasteiger partial charge in [0.2, 0.25) is 0 Å². The quantitative estimate of drug-likeness (QED) is 0.830. The number of alkyl halides is 1. The third-order valence-corrected chi connectivity index (χ3v) is 2.83. The molecule has 1 aromatic rings. The smallest absolute Gasteiger partial charge is 0.140 e. The fourth-order valence-electron chi connectivity index (χ4n) is 1.77. The van der Waals surface area contributed by atoms with E-state index >= 15 is 0 Å². The van der Waals surface area contributed by atoms with Gasteiger partial charge in [0.15, 0.2) is 0 Å². The number of halogens is 3. The van der Waals surface area contributed by atoms with E-state index in [1.165, 1.54) is 6.20 Å². The van der Waals surface area contributed by atoms with Crippen LogP contribution in [-0.2, 0) is 5.67 Å². The van der Waals surface area contributed by atoms with Gasteiger partial charge in [0.05, 0.1) is 5.02 Å². The molecule has 2 heterocycles. The third-order valence-electron chi connectivity index (χ3n) is 2.62. The number of piperidine rings is 1. The molecule has 0 aromatic carbocycles. The second-order valence-electron chi connectivity index (χ2n) is 3.61. The Kier molecular flexibility index (Phi) is 4.32. The SMILES string of the molecule is Cl.FC1(c2cncc(Cl)c2)CCNCC1. The maximum Gasteiger partial charge on any atom is 0.140 e. The number of nitrogens with zero attached hydrogens (tertiary/aromatic N) is 1. The standard InChI is InChI=1S/C10H12ClFN2.ClH/c11-9-5-8(6-14-7-9)10(12)1-3-13-4-2-10;/h5-7,13H,1-4H2;1H. The first-order chi connectivity index (χ1) is 6.71. The van der Waals surface area contributed by atoms with Gasteiger partial charge in [-0.15, -0.1) is 12.4 Å². The van der Waals surface area contributed by atoms with E-state index in [9.17, 15) is 4.39 Å². The summed E-state index contributed by atoms with van der Waals surface area (Å²) in [5, 5.41) is 3.63. The van der Waals surface area contributed by atoms with Crippen molar-refractivity contribution in [1.29, 1.82) is 0 Å². The maximum atomic E-state index is 14.3.